The Kier molecular flexibility index (Phi) is 1.79. The van der Waals surface area contributed by atoms with Crippen LogP contribution in [0.25, 0.3) is 20.3 Å². The van der Waals surface area contributed by atoms with E-state index in [2.05, 4.69) is 5.10 Å². The number of nitrogens with zero attached hydrogens (tertiary/aromatic N) is 2. The van der Waals surface area contributed by atoms with Crippen molar-refractivity contribution in [2.75, 3.05) is 0 Å². The first-order chi connectivity index (χ1) is 7.57. The lowest BCUT2D eigenvalue weighted by Gasteiger charge is -2.06. The largest absolute Gasteiger partial charge is 0.505 e. The topological polar surface area (TPSA) is 17.8 Å². The van der Waals surface area contributed by atoms with Crippen molar-refractivity contribution in [2.45, 2.75) is 6.30 Å². The van der Waals surface area contributed by atoms with Gasteiger partial charge in [-0.25, -0.2) is 0 Å². The summed E-state index contributed by atoms with van der Waals surface area (Å²) in [6, 6.07) is 7.02. The first-order valence-corrected chi connectivity index (χ1v) is 5.31. The number of thiophene rings is 1. The fourth-order valence-electron chi connectivity index (χ4n) is 1.72. The molecule has 0 aliphatic rings. The van der Waals surface area contributed by atoms with Gasteiger partial charge in [0.05, 0.1) is 16.4 Å². The fraction of sp³-hybridized carbons (Fsp3) is 0.100. The SMILES string of the molecule is FC(F)(F)n1ncc2sc3ccccc3c21. The summed E-state index contributed by atoms with van der Waals surface area (Å²) in [5, 5.41) is 3.97. The lowest BCUT2D eigenvalue weighted by Crippen LogP contribution is -2.17. The first kappa shape index (κ1) is 9.65. The van der Waals surface area contributed by atoms with Crippen LogP contribution < -0.4 is 0 Å². The van der Waals surface area contributed by atoms with Gasteiger partial charge in [-0.1, -0.05) is 18.2 Å². The third-order valence-electron chi connectivity index (χ3n) is 2.34. The molecule has 2 heterocycles. The highest BCUT2D eigenvalue weighted by Crippen LogP contribution is 2.37. The van der Waals surface area contributed by atoms with Gasteiger partial charge < -0.3 is 0 Å². The summed E-state index contributed by atoms with van der Waals surface area (Å²) in [6.45, 7) is 0. The highest BCUT2D eigenvalue weighted by molar-refractivity contribution is 7.25. The molecule has 0 fully saturated rings. The van der Waals surface area contributed by atoms with E-state index in [4.69, 9.17) is 0 Å². The van der Waals surface area contributed by atoms with Gasteiger partial charge in [0.25, 0.3) is 0 Å². The molecule has 0 N–H and O–H groups in total. The summed E-state index contributed by atoms with van der Waals surface area (Å²) in [5.74, 6) is 0. The highest BCUT2D eigenvalue weighted by atomic mass is 32.1. The Bertz CT molecular complexity index is 665. The van der Waals surface area contributed by atoms with Gasteiger partial charge in [0, 0.05) is 10.1 Å². The maximum atomic E-state index is 12.7. The second kappa shape index (κ2) is 2.98. The Balaban J connectivity index is 2.48. The monoisotopic (exact) mass is 242 g/mol. The summed E-state index contributed by atoms with van der Waals surface area (Å²) in [4.78, 5) is 0. The zero-order valence-corrected chi connectivity index (χ0v) is 8.64. The van der Waals surface area contributed by atoms with E-state index in [0.29, 0.717) is 10.1 Å². The normalized spacial score (nSPS) is 12.7. The molecule has 0 saturated carbocycles. The molecule has 0 amide bonds. The van der Waals surface area contributed by atoms with Gasteiger partial charge in [-0.2, -0.15) is 9.78 Å². The summed E-state index contributed by atoms with van der Waals surface area (Å²) < 4.78 is 39.5. The summed E-state index contributed by atoms with van der Waals surface area (Å²) in [7, 11) is 0. The maximum absolute atomic E-state index is 12.7. The van der Waals surface area contributed by atoms with E-state index < -0.39 is 6.30 Å². The number of benzene rings is 1. The van der Waals surface area contributed by atoms with Gasteiger partial charge >= 0.3 is 6.30 Å². The van der Waals surface area contributed by atoms with Crippen LogP contribution in [0.3, 0.4) is 0 Å². The molecular formula is C10H5F3N2S. The molecule has 1 aromatic carbocycles. The average molecular weight is 242 g/mol. The van der Waals surface area contributed by atoms with Gasteiger partial charge in [0.1, 0.15) is 0 Å². The Hall–Kier alpha value is -1.56. The van der Waals surface area contributed by atoms with Crippen LogP contribution in [0, 0.1) is 0 Å². The molecule has 82 valence electrons. The second-order valence-corrected chi connectivity index (χ2v) is 4.42. The predicted molar refractivity (Wildman–Crippen MR) is 56.4 cm³/mol. The van der Waals surface area contributed by atoms with Crippen LogP contribution >= 0.6 is 11.3 Å². The number of rotatable bonds is 0. The van der Waals surface area contributed by atoms with Crippen molar-refractivity contribution in [2.24, 2.45) is 0 Å². The Morgan fingerprint density at radius 2 is 1.88 bits per heavy atom. The molecule has 0 aliphatic carbocycles. The fourth-order valence-corrected chi connectivity index (χ4v) is 2.77. The van der Waals surface area contributed by atoms with Gasteiger partial charge in [0.15, 0.2) is 0 Å². The number of aromatic nitrogens is 2. The van der Waals surface area contributed by atoms with Crippen LogP contribution in [-0.2, 0) is 6.30 Å². The van der Waals surface area contributed by atoms with Gasteiger partial charge in [0.2, 0.25) is 0 Å². The van der Waals surface area contributed by atoms with E-state index in [-0.39, 0.29) is 10.2 Å². The van der Waals surface area contributed by atoms with E-state index >= 15 is 0 Å². The molecule has 2 nitrogen and oxygen atoms in total. The van der Waals surface area contributed by atoms with Gasteiger partial charge in [-0.3, -0.25) is 0 Å². The summed E-state index contributed by atoms with van der Waals surface area (Å²) >= 11 is 1.32. The number of alkyl halides is 3. The van der Waals surface area contributed by atoms with E-state index in [0.717, 1.165) is 4.70 Å². The van der Waals surface area contributed by atoms with Crippen molar-refractivity contribution in [3.63, 3.8) is 0 Å². The van der Waals surface area contributed by atoms with Gasteiger partial charge in [-0.15, -0.1) is 24.5 Å². The van der Waals surface area contributed by atoms with Crippen LogP contribution in [0.5, 0.6) is 0 Å². The summed E-state index contributed by atoms with van der Waals surface area (Å²) in [5.41, 5.74) is 0.146. The number of halogens is 3. The van der Waals surface area contributed by atoms with E-state index in [1.165, 1.54) is 17.5 Å². The second-order valence-electron chi connectivity index (χ2n) is 3.34. The smallest absolute Gasteiger partial charge is 0.172 e. The molecule has 0 spiro atoms. The Labute approximate surface area is 91.9 Å². The third-order valence-corrected chi connectivity index (χ3v) is 3.43. The molecule has 2 aromatic heterocycles. The third kappa shape index (κ3) is 1.23. The minimum Gasteiger partial charge on any atom is -0.172 e. The first-order valence-electron chi connectivity index (χ1n) is 4.50. The number of fused-ring (bicyclic) bond motifs is 3. The summed E-state index contributed by atoms with van der Waals surface area (Å²) in [6.07, 6.45) is -3.21. The van der Waals surface area contributed by atoms with E-state index in [9.17, 15) is 13.2 Å². The number of hydrogen-bond donors (Lipinski definition) is 0. The number of hydrogen-bond acceptors (Lipinski definition) is 2. The molecule has 16 heavy (non-hydrogen) atoms. The molecule has 0 atom stereocenters. The van der Waals surface area contributed by atoms with Crippen molar-refractivity contribution in [1.29, 1.82) is 0 Å². The zero-order chi connectivity index (χ0) is 11.3. The van der Waals surface area contributed by atoms with Crippen molar-refractivity contribution in [3.8, 4) is 0 Å². The van der Waals surface area contributed by atoms with Crippen LogP contribution in [0.2, 0.25) is 0 Å². The Morgan fingerprint density at radius 3 is 2.62 bits per heavy atom. The minimum absolute atomic E-state index is 0.126. The van der Waals surface area contributed by atoms with Crippen molar-refractivity contribution < 1.29 is 13.2 Å². The van der Waals surface area contributed by atoms with E-state index in [1.807, 2.05) is 6.07 Å². The lowest BCUT2D eigenvalue weighted by molar-refractivity contribution is -0.208. The van der Waals surface area contributed by atoms with Crippen molar-refractivity contribution in [3.05, 3.63) is 30.5 Å². The quantitative estimate of drug-likeness (QED) is 0.587. The highest BCUT2D eigenvalue weighted by Gasteiger charge is 2.34. The molecular weight excluding hydrogens is 237 g/mol. The molecule has 6 heteroatoms. The standard InChI is InChI=1S/C10H5F3N2S/c11-10(12,13)15-9-6-3-1-2-4-7(6)16-8(9)5-14-15/h1-5H. The van der Waals surface area contributed by atoms with Crippen LogP contribution in [0.1, 0.15) is 0 Å². The Morgan fingerprint density at radius 1 is 1.12 bits per heavy atom. The van der Waals surface area contributed by atoms with Crippen LogP contribution in [0.4, 0.5) is 13.2 Å². The molecule has 0 saturated heterocycles. The van der Waals surface area contributed by atoms with Crippen LogP contribution in [0.15, 0.2) is 30.5 Å². The van der Waals surface area contributed by atoms with E-state index in [1.54, 1.807) is 18.2 Å². The zero-order valence-electron chi connectivity index (χ0n) is 7.82. The average Bonchev–Trinajstić information content (AvgIpc) is 2.73. The molecule has 0 bridgehead atoms. The molecule has 0 radical (unpaired) electrons. The molecule has 0 unspecified atom stereocenters. The molecule has 3 rings (SSSR count). The van der Waals surface area contributed by atoms with Crippen molar-refractivity contribution in [1.82, 2.24) is 9.78 Å². The minimum atomic E-state index is -4.47. The molecule has 3 aromatic rings. The molecule has 0 aliphatic heterocycles. The van der Waals surface area contributed by atoms with Crippen LogP contribution in [-0.4, -0.2) is 9.78 Å². The van der Waals surface area contributed by atoms with Gasteiger partial charge in [-0.05, 0) is 6.07 Å². The maximum Gasteiger partial charge on any atom is 0.505 e. The van der Waals surface area contributed by atoms with Crippen molar-refractivity contribution >= 4 is 31.6 Å². The predicted octanol–water partition coefficient (Wildman–Crippen LogP) is 3.73. The lowest BCUT2D eigenvalue weighted by atomic mass is 10.2.